The van der Waals surface area contributed by atoms with Gasteiger partial charge in [-0.2, -0.15) is 0 Å². The van der Waals surface area contributed by atoms with E-state index in [-0.39, 0.29) is 5.54 Å². The van der Waals surface area contributed by atoms with Crippen molar-refractivity contribution in [2.24, 2.45) is 11.3 Å². The lowest BCUT2D eigenvalue weighted by atomic mass is 9.65. The van der Waals surface area contributed by atoms with Gasteiger partial charge >= 0.3 is 0 Å². The van der Waals surface area contributed by atoms with Gasteiger partial charge in [0, 0.05) is 12.1 Å². The van der Waals surface area contributed by atoms with Gasteiger partial charge in [0.05, 0.1) is 0 Å². The summed E-state index contributed by atoms with van der Waals surface area (Å²) in [5.41, 5.74) is 0.797. The summed E-state index contributed by atoms with van der Waals surface area (Å²) in [5.74, 6) is 0.974. The van der Waals surface area contributed by atoms with Crippen LogP contribution in [-0.4, -0.2) is 12.1 Å². The first-order valence-electron chi connectivity index (χ1n) is 6.12. The zero-order valence-corrected chi connectivity index (χ0v) is 10.6. The van der Waals surface area contributed by atoms with Gasteiger partial charge in [-0.05, 0) is 51.4 Å². The summed E-state index contributed by atoms with van der Waals surface area (Å²) in [6, 6.07) is 0. The molecule has 1 heteroatoms. The zero-order valence-electron chi connectivity index (χ0n) is 10.6. The van der Waals surface area contributed by atoms with E-state index in [2.05, 4.69) is 39.9 Å². The Hall–Kier alpha value is -0.0400. The molecule has 1 unspecified atom stereocenters. The summed E-state index contributed by atoms with van der Waals surface area (Å²) >= 11 is 0. The SMILES string of the molecule is CCC(C)(CNC(C)(C)C)C1CCC1. The van der Waals surface area contributed by atoms with Crippen molar-refractivity contribution in [2.75, 3.05) is 6.54 Å². The highest BCUT2D eigenvalue weighted by Crippen LogP contribution is 2.43. The molecule has 1 rings (SSSR count). The van der Waals surface area contributed by atoms with Crippen LogP contribution in [0.4, 0.5) is 0 Å². The van der Waals surface area contributed by atoms with E-state index in [9.17, 15) is 0 Å². The fraction of sp³-hybridized carbons (Fsp3) is 1.00. The number of rotatable bonds is 4. The number of nitrogens with one attached hydrogen (secondary N) is 1. The summed E-state index contributed by atoms with van der Waals surface area (Å²) in [7, 11) is 0. The molecule has 0 aromatic heterocycles. The molecule has 1 fully saturated rings. The fourth-order valence-electron chi connectivity index (χ4n) is 2.13. The molecule has 1 nitrogen and oxygen atoms in total. The standard InChI is InChI=1S/C13H27N/c1-6-13(5,11-8-7-9-11)10-14-12(2,3)4/h11,14H,6-10H2,1-5H3. The first kappa shape index (κ1) is 12.0. The second-order valence-electron chi connectivity index (χ2n) is 6.24. The van der Waals surface area contributed by atoms with Crippen LogP contribution in [0.3, 0.4) is 0 Å². The van der Waals surface area contributed by atoms with Gasteiger partial charge in [0.1, 0.15) is 0 Å². The Morgan fingerprint density at radius 1 is 1.14 bits per heavy atom. The Morgan fingerprint density at radius 3 is 2.00 bits per heavy atom. The minimum atomic E-state index is 0.264. The van der Waals surface area contributed by atoms with E-state index < -0.39 is 0 Å². The lowest BCUT2D eigenvalue weighted by molar-refractivity contribution is 0.0874. The minimum Gasteiger partial charge on any atom is -0.312 e. The van der Waals surface area contributed by atoms with Gasteiger partial charge < -0.3 is 5.32 Å². The number of hydrogen-bond donors (Lipinski definition) is 1. The Morgan fingerprint density at radius 2 is 1.71 bits per heavy atom. The van der Waals surface area contributed by atoms with E-state index in [0.717, 1.165) is 5.92 Å². The molecular formula is C13H27N. The molecule has 0 bridgehead atoms. The highest BCUT2D eigenvalue weighted by Gasteiger charge is 2.36. The molecule has 0 aliphatic heterocycles. The summed E-state index contributed by atoms with van der Waals surface area (Å²) < 4.78 is 0. The van der Waals surface area contributed by atoms with Crippen molar-refractivity contribution in [1.82, 2.24) is 5.32 Å². The van der Waals surface area contributed by atoms with Crippen LogP contribution >= 0.6 is 0 Å². The van der Waals surface area contributed by atoms with Gasteiger partial charge in [-0.25, -0.2) is 0 Å². The van der Waals surface area contributed by atoms with E-state index in [4.69, 9.17) is 0 Å². The van der Waals surface area contributed by atoms with E-state index in [1.165, 1.54) is 32.2 Å². The zero-order chi connectivity index (χ0) is 10.8. The third kappa shape index (κ3) is 2.98. The molecule has 14 heavy (non-hydrogen) atoms. The maximum atomic E-state index is 3.66. The lowest BCUT2D eigenvalue weighted by Gasteiger charge is -2.44. The quantitative estimate of drug-likeness (QED) is 0.726. The molecular weight excluding hydrogens is 170 g/mol. The molecule has 0 radical (unpaired) electrons. The van der Waals surface area contributed by atoms with Crippen molar-refractivity contribution in [2.45, 2.75) is 65.8 Å². The maximum absolute atomic E-state index is 3.66. The smallest absolute Gasteiger partial charge is 0.00967 e. The molecule has 0 heterocycles. The summed E-state index contributed by atoms with van der Waals surface area (Å²) in [5, 5.41) is 3.66. The van der Waals surface area contributed by atoms with E-state index in [1.807, 2.05) is 0 Å². The first-order chi connectivity index (χ1) is 6.37. The molecule has 0 aromatic carbocycles. The van der Waals surface area contributed by atoms with Gasteiger partial charge in [0.15, 0.2) is 0 Å². The predicted molar refractivity (Wildman–Crippen MR) is 63.5 cm³/mol. The van der Waals surface area contributed by atoms with Crippen LogP contribution in [0.5, 0.6) is 0 Å². The molecule has 1 aliphatic carbocycles. The van der Waals surface area contributed by atoms with Gasteiger partial charge in [0.25, 0.3) is 0 Å². The normalized spacial score (nSPS) is 22.9. The molecule has 1 aliphatic rings. The molecule has 0 aromatic rings. The monoisotopic (exact) mass is 197 g/mol. The van der Waals surface area contributed by atoms with E-state index in [1.54, 1.807) is 0 Å². The Labute approximate surface area is 89.7 Å². The van der Waals surface area contributed by atoms with Crippen LogP contribution in [0.2, 0.25) is 0 Å². The third-order valence-electron chi connectivity index (χ3n) is 3.92. The second-order valence-corrected chi connectivity index (χ2v) is 6.24. The lowest BCUT2D eigenvalue weighted by Crippen LogP contribution is -2.47. The van der Waals surface area contributed by atoms with Crippen LogP contribution in [0, 0.1) is 11.3 Å². The topological polar surface area (TPSA) is 12.0 Å². The molecule has 0 amide bonds. The van der Waals surface area contributed by atoms with Gasteiger partial charge in [0.2, 0.25) is 0 Å². The van der Waals surface area contributed by atoms with Crippen LogP contribution in [0.25, 0.3) is 0 Å². The van der Waals surface area contributed by atoms with Crippen molar-refractivity contribution in [3.63, 3.8) is 0 Å². The fourth-order valence-corrected chi connectivity index (χ4v) is 2.13. The molecule has 1 saturated carbocycles. The summed E-state index contributed by atoms with van der Waals surface area (Å²) in [6.45, 7) is 12.7. The maximum Gasteiger partial charge on any atom is 0.00967 e. The average molecular weight is 197 g/mol. The second kappa shape index (κ2) is 4.22. The third-order valence-corrected chi connectivity index (χ3v) is 3.92. The number of hydrogen-bond acceptors (Lipinski definition) is 1. The van der Waals surface area contributed by atoms with Crippen LogP contribution in [0.15, 0.2) is 0 Å². The van der Waals surface area contributed by atoms with Crippen LogP contribution in [-0.2, 0) is 0 Å². The van der Waals surface area contributed by atoms with Crippen molar-refractivity contribution in [1.29, 1.82) is 0 Å². The molecule has 1 atom stereocenters. The Balaban J connectivity index is 2.44. The predicted octanol–water partition coefficient (Wildman–Crippen LogP) is 3.59. The van der Waals surface area contributed by atoms with E-state index >= 15 is 0 Å². The minimum absolute atomic E-state index is 0.264. The molecule has 1 N–H and O–H groups in total. The Bertz CT molecular complexity index is 176. The largest absolute Gasteiger partial charge is 0.312 e. The van der Waals surface area contributed by atoms with Crippen molar-refractivity contribution < 1.29 is 0 Å². The molecule has 0 spiro atoms. The van der Waals surface area contributed by atoms with Crippen molar-refractivity contribution >= 4 is 0 Å². The summed E-state index contributed by atoms with van der Waals surface area (Å²) in [6.07, 6.45) is 5.67. The average Bonchev–Trinajstić information content (AvgIpc) is 1.96. The molecule has 0 saturated heterocycles. The van der Waals surface area contributed by atoms with E-state index in [0.29, 0.717) is 5.41 Å². The molecule has 84 valence electrons. The highest BCUT2D eigenvalue weighted by atomic mass is 15.0. The summed E-state index contributed by atoms with van der Waals surface area (Å²) in [4.78, 5) is 0. The highest BCUT2D eigenvalue weighted by molar-refractivity contribution is 4.89. The van der Waals surface area contributed by atoms with Gasteiger partial charge in [-0.3, -0.25) is 0 Å². The van der Waals surface area contributed by atoms with Crippen molar-refractivity contribution in [3.05, 3.63) is 0 Å². The van der Waals surface area contributed by atoms with Crippen molar-refractivity contribution in [3.8, 4) is 0 Å². The van der Waals surface area contributed by atoms with Crippen LogP contribution < -0.4 is 5.32 Å². The van der Waals surface area contributed by atoms with Crippen LogP contribution in [0.1, 0.15) is 60.3 Å². The van der Waals surface area contributed by atoms with Gasteiger partial charge in [-0.1, -0.05) is 20.3 Å². The first-order valence-corrected chi connectivity index (χ1v) is 6.12. The van der Waals surface area contributed by atoms with Gasteiger partial charge in [-0.15, -0.1) is 0 Å². The Kier molecular flexibility index (Phi) is 3.63.